The number of likely N-dealkylation sites (N-methyl/N-ethyl adjacent to an activating group) is 1. The van der Waals surface area contributed by atoms with Crippen LogP contribution < -0.4 is 0 Å². The molecule has 5 rings (SSSR count). The monoisotopic (exact) mass is 585 g/mol. The Hall–Kier alpha value is -3.55. The van der Waals surface area contributed by atoms with Crippen molar-refractivity contribution in [1.82, 2.24) is 4.90 Å². The summed E-state index contributed by atoms with van der Waals surface area (Å²) in [6, 6.07) is 3.54. The van der Waals surface area contributed by atoms with Crippen LogP contribution in [-0.2, 0) is 19.0 Å². The Balaban J connectivity index is 1.72. The lowest BCUT2D eigenvalue weighted by Gasteiger charge is -2.46. The van der Waals surface area contributed by atoms with E-state index in [9.17, 15) is 39.9 Å². The van der Waals surface area contributed by atoms with Crippen LogP contribution in [0.4, 0.5) is 0 Å². The van der Waals surface area contributed by atoms with Gasteiger partial charge in [0, 0.05) is 42.5 Å². The van der Waals surface area contributed by atoms with Gasteiger partial charge in [-0.1, -0.05) is 19.1 Å². The summed E-state index contributed by atoms with van der Waals surface area (Å²) < 4.78 is 17.7. The molecule has 0 bridgehead atoms. The molecule has 1 saturated heterocycles. The number of phenolic OH excluding ortho intramolecular Hbond substituents is 3. The van der Waals surface area contributed by atoms with Crippen molar-refractivity contribution in [2.75, 3.05) is 14.1 Å². The Labute approximate surface area is 242 Å². The molecule has 12 nitrogen and oxygen atoms in total. The van der Waals surface area contributed by atoms with E-state index in [1.165, 1.54) is 18.2 Å². The van der Waals surface area contributed by atoms with Crippen LogP contribution in [0.1, 0.15) is 95.2 Å². The number of hydrogen-bond donors (Lipinski definition) is 5. The SMILES string of the molecule is CC[C@@]1(O)C[C@H](O[C@H]2C[C@H](N(C)C)[C@H](O)[C@H](C)O2)c2c(O)c3c(c(O)c2[C@H]1OC(C)=O)C(=O)c1cccc(O)c1C3=O. The smallest absolute Gasteiger partial charge is 0.303 e. The summed E-state index contributed by atoms with van der Waals surface area (Å²) in [4.78, 5) is 41.3. The van der Waals surface area contributed by atoms with E-state index in [1.807, 2.05) is 4.90 Å². The highest BCUT2D eigenvalue weighted by atomic mass is 16.7. The third-order valence-corrected chi connectivity index (χ3v) is 8.65. The first kappa shape index (κ1) is 29.9. The van der Waals surface area contributed by atoms with Gasteiger partial charge in [0.1, 0.15) is 22.8 Å². The average molecular weight is 586 g/mol. The second-order valence-corrected chi connectivity index (χ2v) is 11.4. The first-order valence-corrected chi connectivity index (χ1v) is 13.8. The molecule has 2 aromatic rings. The Morgan fingerprint density at radius 3 is 2.33 bits per heavy atom. The average Bonchev–Trinajstić information content (AvgIpc) is 2.92. The van der Waals surface area contributed by atoms with Gasteiger partial charge in [0.05, 0.1) is 35.0 Å². The van der Waals surface area contributed by atoms with E-state index < -0.39 is 82.2 Å². The van der Waals surface area contributed by atoms with Gasteiger partial charge < -0.3 is 44.6 Å². The summed E-state index contributed by atoms with van der Waals surface area (Å²) in [5.41, 5.74) is -3.82. The second kappa shape index (κ2) is 10.6. The normalized spacial score (nSPS) is 30.5. The number of phenols is 3. The minimum absolute atomic E-state index is 0.0199. The van der Waals surface area contributed by atoms with Crippen molar-refractivity contribution in [3.05, 3.63) is 51.6 Å². The highest BCUT2D eigenvalue weighted by molar-refractivity contribution is 6.31. The molecule has 1 aliphatic heterocycles. The van der Waals surface area contributed by atoms with Gasteiger partial charge in [0.2, 0.25) is 5.78 Å². The molecule has 2 aromatic carbocycles. The van der Waals surface area contributed by atoms with Crippen molar-refractivity contribution in [2.24, 2.45) is 0 Å². The first-order valence-electron chi connectivity index (χ1n) is 13.8. The van der Waals surface area contributed by atoms with Crippen molar-refractivity contribution in [3.63, 3.8) is 0 Å². The number of benzene rings is 2. The lowest BCUT2D eigenvalue weighted by molar-refractivity contribution is -0.261. The van der Waals surface area contributed by atoms with Crippen LogP contribution >= 0.6 is 0 Å². The van der Waals surface area contributed by atoms with E-state index in [1.54, 1.807) is 27.9 Å². The molecule has 7 atom stereocenters. The van der Waals surface area contributed by atoms with Gasteiger partial charge in [-0.05, 0) is 33.5 Å². The third kappa shape index (κ3) is 4.54. The molecule has 0 radical (unpaired) electrons. The fourth-order valence-electron chi connectivity index (χ4n) is 6.41. The van der Waals surface area contributed by atoms with Crippen LogP contribution in [0.2, 0.25) is 0 Å². The predicted molar refractivity (Wildman–Crippen MR) is 145 cm³/mol. The lowest BCUT2D eigenvalue weighted by Crippen LogP contribution is -2.54. The molecule has 0 unspecified atom stereocenters. The summed E-state index contributed by atoms with van der Waals surface area (Å²) >= 11 is 0. The number of ketones is 2. The van der Waals surface area contributed by atoms with Crippen LogP contribution in [0.3, 0.4) is 0 Å². The Morgan fingerprint density at radius 2 is 1.71 bits per heavy atom. The van der Waals surface area contributed by atoms with Crippen LogP contribution in [0.25, 0.3) is 0 Å². The largest absolute Gasteiger partial charge is 0.507 e. The maximum atomic E-state index is 13.7. The summed E-state index contributed by atoms with van der Waals surface area (Å²) in [5.74, 6) is -4.47. The Morgan fingerprint density at radius 1 is 1.07 bits per heavy atom. The van der Waals surface area contributed by atoms with E-state index in [4.69, 9.17) is 14.2 Å². The molecule has 5 N–H and O–H groups in total. The maximum Gasteiger partial charge on any atom is 0.303 e. The number of carbonyl (C=O) groups is 3. The fraction of sp³-hybridized carbons (Fsp3) is 0.500. The number of nitrogens with zero attached hydrogens (tertiary/aromatic N) is 1. The van der Waals surface area contributed by atoms with E-state index in [0.29, 0.717) is 0 Å². The zero-order chi connectivity index (χ0) is 30.8. The van der Waals surface area contributed by atoms with Gasteiger partial charge >= 0.3 is 5.97 Å². The van der Waals surface area contributed by atoms with Crippen molar-refractivity contribution >= 4 is 17.5 Å². The second-order valence-electron chi connectivity index (χ2n) is 11.4. The number of rotatable bonds is 5. The lowest BCUT2D eigenvalue weighted by atomic mass is 9.70. The number of fused-ring (bicyclic) bond motifs is 3. The molecule has 1 fully saturated rings. The summed E-state index contributed by atoms with van der Waals surface area (Å²) in [7, 11) is 3.59. The van der Waals surface area contributed by atoms with Crippen LogP contribution in [0.15, 0.2) is 18.2 Å². The number of aliphatic hydroxyl groups is 2. The zero-order valence-corrected chi connectivity index (χ0v) is 24.0. The molecule has 0 aromatic heterocycles. The first-order chi connectivity index (χ1) is 19.7. The molecular formula is C30H35NO11. The van der Waals surface area contributed by atoms with Gasteiger partial charge in [0.25, 0.3) is 0 Å². The molecule has 0 saturated carbocycles. The fourth-order valence-corrected chi connectivity index (χ4v) is 6.41. The maximum absolute atomic E-state index is 13.7. The summed E-state index contributed by atoms with van der Waals surface area (Å²) in [5, 5.41) is 56.1. The van der Waals surface area contributed by atoms with Crippen LogP contribution in [0, 0.1) is 0 Å². The molecule has 1 heterocycles. The molecule has 3 aliphatic rings. The number of esters is 1. The Kier molecular flexibility index (Phi) is 7.57. The molecule has 12 heteroatoms. The number of aromatic hydroxyl groups is 3. The highest BCUT2D eigenvalue weighted by Crippen LogP contribution is 2.57. The summed E-state index contributed by atoms with van der Waals surface area (Å²) in [6.45, 7) is 4.43. The molecule has 226 valence electrons. The topological polar surface area (TPSA) is 183 Å². The Bertz CT molecular complexity index is 1470. The van der Waals surface area contributed by atoms with Crippen molar-refractivity contribution in [1.29, 1.82) is 0 Å². The molecule has 0 spiro atoms. The minimum Gasteiger partial charge on any atom is -0.507 e. The van der Waals surface area contributed by atoms with Gasteiger partial charge in [-0.15, -0.1) is 0 Å². The van der Waals surface area contributed by atoms with Gasteiger partial charge in [-0.2, -0.15) is 0 Å². The zero-order valence-electron chi connectivity index (χ0n) is 24.0. The van der Waals surface area contributed by atoms with E-state index in [0.717, 1.165) is 6.92 Å². The number of aliphatic hydroxyl groups excluding tert-OH is 1. The van der Waals surface area contributed by atoms with Gasteiger partial charge in [-0.3, -0.25) is 14.4 Å². The number of carbonyl (C=O) groups excluding carboxylic acids is 3. The van der Waals surface area contributed by atoms with Gasteiger partial charge in [-0.25, -0.2) is 0 Å². The van der Waals surface area contributed by atoms with Crippen molar-refractivity contribution in [2.45, 2.75) is 82.4 Å². The van der Waals surface area contributed by atoms with E-state index in [-0.39, 0.29) is 47.6 Å². The van der Waals surface area contributed by atoms with Crippen LogP contribution in [-0.4, -0.2) is 92.2 Å². The molecule has 2 aliphatic carbocycles. The van der Waals surface area contributed by atoms with Crippen LogP contribution in [0.5, 0.6) is 17.2 Å². The van der Waals surface area contributed by atoms with Crippen molar-refractivity contribution in [3.8, 4) is 17.2 Å². The highest BCUT2D eigenvalue weighted by Gasteiger charge is 2.53. The summed E-state index contributed by atoms with van der Waals surface area (Å²) in [6.07, 6.45) is -5.15. The quantitative estimate of drug-likeness (QED) is 0.218. The molecule has 42 heavy (non-hydrogen) atoms. The standard InChI is InChI=1S/C30H35NO11/c1-6-30(39)11-17(42-18-10-15(31(4)5)24(34)12(2)40-18)20-23(29(30)41-13(3)32)28(38)21-22(27(20)37)26(36)19-14(25(21)35)8-7-9-16(19)33/h7-9,12,15,17-18,24,29,33-34,37-39H,6,10-11H2,1-5H3/t12-,15-,17-,18-,24+,29+,30+/m0/s1. The number of hydrogen-bond acceptors (Lipinski definition) is 12. The van der Waals surface area contributed by atoms with E-state index in [2.05, 4.69) is 0 Å². The van der Waals surface area contributed by atoms with Gasteiger partial charge in [0.15, 0.2) is 18.2 Å². The molecular weight excluding hydrogens is 550 g/mol. The van der Waals surface area contributed by atoms with E-state index >= 15 is 0 Å². The predicted octanol–water partition coefficient (Wildman–Crippen LogP) is 2.21. The third-order valence-electron chi connectivity index (χ3n) is 8.65. The van der Waals surface area contributed by atoms with Crippen molar-refractivity contribution < 1.29 is 54.1 Å². The molecule has 0 amide bonds. The number of ether oxygens (including phenoxy) is 3. The minimum atomic E-state index is -1.82.